The average molecular weight is 276 g/mol. The molecule has 1 fully saturated rings. The third-order valence-electron chi connectivity index (χ3n) is 4.02. The molecule has 1 aromatic carbocycles. The molecule has 0 aliphatic heterocycles. The molecule has 1 aliphatic carbocycles. The summed E-state index contributed by atoms with van der Waals surface area (Å²) in [6.07, 6.45) is 2.68. The molecule has 20 heavy (non-hydrogen) atoms. The van der Waals surface area contributed by atoms with Gasteiger partial charge in [-0.05, 0) is 50.8 Å². The first-order chi connectivity index (χ1) is 9.65. The van der Waals surface area contributed by atoms with Crippen molar-refractivity contribution in [2.24, 2.45) is 0 Å². The fraction of sp³-hybridized carbons (Fsp3) is 0.647. The van der Waals surface area contributed by atoms with Crippen LogP contribution in [-0.2, 0) is 11.3 Å². The number of methoxy groups -OCH3 is 1. The minimum atomic E-state index is 0.402. The van der Waals surface area contributed by atoms with Crippen LogP contribution < -0.4 is 10.2 Å². The van der Waals surface area contributed by atoms with Crippen LogP contribution in [0, 0.1) is 6.92 Å². The second-order valence-corrected chi connectivity index (χ2v) is 5.87. The molecule has 1 saturated carbocycles. The Morgan fingerprint density at radius 1 is 1.40 bits per heavy atom. The molecule has 0 radical (unpaired) electrons. The van der Waals surface area contributed by atoms with E-state index in [2.05, 4.69) is 49.2 Å². The molecular weight excluding hydrogens is 248 g/mol. The molecule has 1 N–H and O–H groups in total. The largest absolute Gasteiger partial charge is 0.383 e. The Hall–Kier alpha value is -1.06. The normalized spacial score (nSPS) is 16.2. The van der Waals surface area contributed by atoms with Crippen LogP contribution >= 0.6 is 0 Å². The molecule has 3 heteroatoms. The molecule has 112 valence electrons. The first kappa shape index (κ1) is 15.3. The predicted octanol–water partition coefficient (Wildman–Crippen LogP) is 3.11. The van der Waals surface area contributed by atoms with Gasteiger partial charge in [-0.15, -0.1) is 0 Å². The summed E-state index contributed by atoms with van der Waals surface area (Å²) in [6.45, 7) is 9.39. The second kappa shape index (κ2) is 7.09. The lowest BCUT2D eigenvalue weighted by Gasteiger charge is -2.31. The molecule has 0 aromatic heterocycles. The highest BCUT2D eigenvalue weighted by Gasteiger charge is 2.20. The van der Waals surface area contributed by atoms with Gasteiger partial charge in [0.2, 0.25) is 0 Å². The van der Waals surface area contributed by atoms with E-state index in [1.807, 2.05) is 0 Å². The summed E-state index contributed by atoms with van der Waals surface area (Å²) in [5.74, 6) is 0. The van der Waals surface area contributed by atoms with Gasteiger partial charge in [-0.1, -0.05) is 12.1 Å². The lowest BCUT2D eigenvalue weighted by molar-refractivity contribution is 0.182. The second-order valence-electron chi connectivity index (χ2n) is 5.87. The van der Waals surface area contributed by atoms with Crippen LogP contribution in [0.15, 0.2) is 18.2 Å². The van der Waals surface area contributed by atoms with Gasteiger partial charge in [-0.25, -0.2) is 0 Å². The molecule has 2 rings (SSSR count). The molecular formula is C17H28N2O. The zero-order valence-electron chi connectivity index (χ0n) is 13.3. The van der Waals surface area contributed by atoms with E-state index in [0.717, 1.165) is 25.7 Å². The van der Waals surface area contributed by atoms with Gasteiger partial charge >= 0.3 is 0 Å². The van der Waals surface area contributed by atoms with Crippen LogP contribution in [-0.4, -0.2) is 32.3 Å². The van der Waals surface area contributed by atoms with Crippen molar-refractivity contribution < 1.29 is 4.74 Å². The summed E-state index contributed by atoms with van der Waals surface area (Å²) in [5.41, 5.74) is 4.06. The number of anilines is 1. The first-order valence-corrected chi connectivity index (χ1v) is 7.74. The van der Waals surface area contributed by atoms with Crippen LogP contribution in [0.3, 0.4) is 0 Å². The van der Waals surface area contributed by atoms with E-state index < -0.39 is 0 Å². The van der Waals surface area contributed by atoms with Gasteiger partial charge in [-0.3, -0.25) is 0 Å². The fourth-order valence-electron chi connectivity index (χ4n) is 2.75. The highest BCUT2D eigenvalue weighted by atomic mass is 16.5. The summed E-state index contributed by atoms with van der Waals surface area (Å²) in [4.78, 5) is 2.41. The average Bonchev–Trinajstić information content (AvgIpc) is 3.24. The summed E-state index contributed by atoms with van der Waals surface area (Å²) in [6, 6.07) is 7.99. The van der Waals surface area contributed by atoms with Gasteiger partial charge in [0.15, 0.2) is 0 Å². The van der Waals surface area contributed by atoms with Gasteiger partial charge in [0.25, 0.3) is 0 Å². The van der Waals surface area contributed by atoms with Crippen molar-refractivity contribution >= 4 is 5.69 Å². The minimum Gasteiger partial charge on any atom is -0.383 e. The number of likely N-dealkylation sites (N-methyl/N-ethyl adjacent to an activating group) is 1. The molecule has 1 atom stereocenters. The van der Waals surface area contributed by atoms with E-state index in [0.29, 0.717) is 6.04 Å². The Labute approximate surface area is 123 Å². The topological polar surface area (TPSA) is 24.5 Å². The van der Waals surface area contributed by atoms with Crippen LogP contribution in [0.2, 0.25) is 0 Å². The summed E-state index contributed by atoms with van der Waals surface area (Å²) < 4.78 is 5.29. The highest BCUT2D eigenvalue weighted by molar-refractivity contribution is 5.55. The van der Waals surface area contributed by atoms with Crippen LogP contribution in [0.4, 0.5) is 5.69 Å². The first-order valence-electron chi connectivity index (χ1n) is 7.74. The number of nitrogens with zero attached hydrogens (tertiary/aromatic N) is 1. The zero-order chi connectivity index (χ0) is 14.5. The quantitative estimate of drug-likeness (QED) is 0.789. The van der Waals surface area contributed by atoms with Gasteiger partial charge < -0.3 is 15.0 Å². The Balaban J connectivity index is 2.05. The van der Waals surface area contributed by atoms with Gasteiger partial charge in [0, 0.05) is 38.0 Å². The summed E-state index contributed by atoms with van der Waals surface area (Å²) in [7, 11) is 1.77. The van der Waals surface area contributed by atoms with Crippen LogP contribution in [0.5, 0.6) is 0 Å². The maximum atomic E-state index is 5.29. The van der Waals surface area contributed by atoms with Crippen molar-refractivity contribution in [3.8, 4) is 0 Å². The highest BCUT2D eigenvalue weighted by Crippen LogP contribution is 2.24. The maximum Gasteiger partial charge on any atom is 0.0663 e. The van der Waals surface area contributed by atoms with Gasteiger partial charge in [0.05, 0.1) is 6.61 Å². The third kappa shape index (κ3) is 3.97. The minimum absolute atomic E-state index is 0.402. The number of rotatable bonds is 8. The zero-order valence-corrected chi connectivity index (χ0v) is 13.3. The lowest BCUT2D eigenvalue weighted by atomic mass is 10.1. The molecule has 0 amide bonds. The van der Waals surface area contributed by atoms with Crippen LogP contribution in [0.1, 0.15) is 37.8 Å². The molecule has 1 aliphatic rings. The Morgan fingerprint density at radius 2 is 2.15 bits per heavy atom. The number of aryl methyl sites for hydroxylation is 1. The summed E-state index contributed by atoms with van der Waals surface area (Å²) >= 11 is 0. The fourth-order valence-corrected chi connectivity index (χ4v) is 2.75. The SMILES string of the molecule is CCN(c1ccc(CNC2CC2)cc1C)C(C)COC. The van der Waals surface area contributed by atoms with E-state index in [1.54, 1.807) is 7.11 Å². The Bertz CT molecular complexity index is 429. The third-order valence-corrected chi connectivity index (χ3v) is 4.02. The lowest BCUT2D eigenvalue weighted by Crippen LogP contribution is -2.36. The number of hydrogen-bond donors (Lipinski definition) is 1. The maximum absolute atomic E-state index is 5.29. The number of benzene rings is 1. The molecule has 0 heterocycles. The predicted molar refractivity (Wildman–Crippen MR) is 85.4 cm³/mol. The smallest absolute Gasteiger partial charge is 0.0663 e. The van der Waals surface area contributed by atoms with Gasteiger partial charge in [0.1, 0.15) is 0 Å². The monoisotopic (exact) mass is 276 g/mol. The van der Waals surface area contributed by atoms with Crippen molar-refractivity contribution in [2.75, 3.05) is 25.2 Å². The molecule has 0 spiro atoms. The van der Waals surface area contributed by atoms with E-state index in [1.165, 1.54) is 29.7 Å². The van der Waals surface area contributed by atoms with Crippen molar-refractivity contribution in [1.29, 1.82) is 0 Å². The molecule has 1 aromatic rings. The number of hydrogen-bond acceptors (Lipinski definition) is 3. The van der Waals surface area contributed by atoms with Crippen molar-refractivity contribution in [1.82, 2.24) is 5.32 Å². The van der Waals surface area contributed by atoms with E-state index in [4.69, 9.17) is 4.74 Å². The molecule has 0 saturated heterocycles. The van der Waals surface area contributed by atoms with E-state index in [-0.39, 0.29) is 0 Å². The van der Waals surface area contributed by atoms with Crippen molar-refractivity contribution in [3.63, 3.8) is 0 Å². The number of nitrogens with one attached hydrogen (secondary N) is 1. The number of ether oxygens (including phenoxy) is 1. The van der Waals surface area contributed by atoms with Crippen LogP contribution in [0.25, 0.3) is 0 Å². The van der Waals surface area contributed by atoms with E-state index in [9.17, 15) is 0 Å². The Kier molecular flexibility index (Phi) is 5.44. The van der Waals surface area contributed by atoms with Gasteiger partial charge in [-0.2, -0.15) is 0 Å². The van der Waals surface area contributed by atoms with Crippen molar-refractivity contribution in [2.45, 2.75) is 52.2 Å². The Morgan fingerprint density at radius 3 is 2.70 bits per heavy atom. The molecule has 3 nitrogen and oxygen atoms in total. The van der Waals surface area contributed by atoms with E-state index >= 15 is 0 Å². The van der Waals surface area contributed by atoms with Crippen molar-refractivity contribution in [3.05, 3.63) is 29.3 Å². The molecule has 1 unspecified atom stereocenters. The molecule has 0 bridgehead atoms. The standard InChI is InChI=1S/C17H28N2O/c1-5-19(14(3)12-20-4)17-9-6-15(10-13(17)2)11-18-16-7-8-16/h6,9-10,14,16,18H,5,7-8,11-12H2,1-4H3. The summed E-state index contributed by atoms with van der Waals surface area (Å²) in [5, 5.41) is 3.57.